The Bertz CT molecular complexity index is 1180. The molecule has 3 aromatic rings. The fraction of sp³-hybridized carbons (Fsp3) is 0.375. The van der Waals surface area contributed by atoms with E-state index in [1.165, 1.54) is 17.5 Å². The molecule has 1 aliphatic carbocycles. The number of thioether (sulfide) groups is 1. The van der Waals surface area contributed by atoms with Crippen LogP contribution in [0.2, 0.25) is 0 Å². The second-order valence-electron chi connectivity index (χ2n) is 10.2. The summed E-state index contributed by atoms with van der Waals surface area (Å²) >= 11 is 5.16. The minimum absolute atomic E-state index is 0.0122. The quantitative estimate of drug-likeness (QED) is 0.259. The predicted octanol–water partition coefficient (Wildman–Crippen LogP) is 7.08. The largest absolute Gasteiger partial charge is 0.352 e. The first-order valence-corrected chi connectivity index (χ1v) is 15.4. The number of carbonyl (C=O) groups excluding carboxylic acids is 2. The van der Waals surface area contributed by atoms with Gasteiger partial charge in [-0.05, 0) is 48.6 Å². The van der Waals surface area contributed by atoms with E-state index in [9.17, 15) is 9.59 Å². The number of benzene rings is 3. The minimum atomic E-state index is -0.578. The highest BCUT2D eigenvalue weighted by Gasteiger charge is 2.31. The third-order valence-electron chi connectivity index (χ3n) is 7.08. The van der Waals surface area contributed by atoms with Crippen molar-refractivity contribution in [2.75, 3.05) is 5.75 Å². The summed E-state index contributed by atoms with van der Waals surface area (Å²) in [6.45, 7) is 2.46. The summed E-state index contributed by atoms with van der Waals surface area (Å²) in [6.07, 6.45) is 6.02. The fourth-order valence-corrected chi connectivity index (χ4v) is 6.27. The number of nitrogens with zero attached hydrogens (tertiary/aromatic N) is 1. The van der Waals surface area contributed by atoms with E-state index in [0.29, 0.717) is 18.7 Å². The highest BCUT2D eigenvalue weighted by Crippen LogP contribution is 2.22. The van der Waals surface area contributed by atoms with Crippen LogP contribution < -0.4 is 5.32 Å². The standard InChI is InChI=1S/C32H37BrN2O2S/c1-24-15-17-26(18-16-24)22-38-23-31(36)35(21-27-11-8-12-28(33)19-27)30(20-25-9-4-2-5-10-25)32(37)34-29-13-6-3-7-14-29/h2,4-5,8-12,15-19,29-30H,3,6-7,13-14,20-23H2,1H3,(H,34,37). The van der Waals surface area contributed by atoms with E-state index in [-0.39, 0.29) is 17.9 Å². The topological polar surface area (TPSA) is 49.4 Å². The van der Waals surface area contributed by atoms with Gasteiger partial charge in [0.15, 0.2) is 0 Å². The molecule has 1 aliphatic rings. The fourth-order valence-electron chi connectivity index (χ4n) is 4.95. The molecule has 0 saturated heterocycles. The van der Waals surface area contributed by atoms with Crippen molar-refractivity contribution in [3.63, 3.8) is 0 Å². The number of halogens is 1. The maximum Gasteiger partial charge on any atom is 0.243 e. The van der Waals surface area contributed by atoms with Crippen LogP contribution >= 0.6 is 27.7 Å². The van der Waals surface area contributed by atoms with Crippen molar-refractivity contribution in [3.8, 4) is 0 Å². The van der Waals surface area contributed by atoms with Gasteiger partial charge in [0.2, 0.25) is 11.8 Å². The van der Waals surface area contributed by atoms with Crippen LogP contribution in [0.5, 0.6) is 0 Å². The molecule has 0 heterocycles. The molecule has 0 spiro atoms. The summed E-state index contributed by atoms with van der Waals surface area (Å²) in [7, 11) is 0. The van der Waals surface area contributed by atoms with Crippen molar-refractivity contribution in [3.05, 3.63) is 106 Å². The van der Waals surface area contributed by atoms with Crippen molar-refractivity contribution >= 4 is 39.5 Å². The molecule has 2 amide bonds. The molecule has 1 fully saturated rings. The molecule has 38 heavy (non-hydrogen) atoms. The van der Waals surface area contributed by atoms with Crippen molar-refractivity contribution in [2.45, 2.75) is 69.8 Å². The maximum atomic E-state index is 13.8. The zero-order valence-electron chi connectivity index (χ0n) is 22.1. The van der Waals surface area contributed by atoms with Crippen LogP contribution in [0.15, 0.2) is 83.3 Å². The highest BCUT2D eigenvalue weighted by atomic mass is 79.9. The maximum absolute atomic E-state index is 13.8. The lowest BCUT2D eigenvalue weighted by Gasteiger charge is -2.33. The molecule has 0 radical (unpaired) electrons. The Hall–Kier alpha value is -2.57. The van der Waals surface area contributed by atoms with Crippen LogP contribution in [0.25, 0.3) is 0 Å². The number of rotatable bonds is 11. The van der Waals surface area contributed by atoms with E-state index in [1.54, 1.807) is 16.7 Å². The molecule has 4 nitrogen and oxygen atoms in total. The van der Waals surface area contributed by atoms with Gasteiger partial charge < -0.3 is 10.2 Å². The highest BCUT2D eigenvalue weighted by molar-refractivity contribution is 9.10. The number of hydrogen-bond donors (Lipinski definition) is 1. The first-order chi connectivity index (χ1) is 18.5. The van der Waals surface area contributed by atoms with Crippen molar-refractivity contribution < 1.29 is 9.59 Å². The van der Waals surface area contributed by atoms with Crippen LogP contribution in [-0.4, -0.2) is 34.6 Å². The van der Waals surface area contributed by atoms with Gasteiger partial charge in [-0.15, -0.1) is 11.8 Å². The Morgan fingerprint density at radius 3 is 2.34 bits per heavy atom. The number of aryl methyl sites for hydroxylation is 1. The third kappa shape index (κ3) is 8.74. The Kier molecular flexibility index (Phi) is 10.9. The second-order valence-corrected chi connectivity index (χ2v) is 12.1. The van der Waals surface area contributed by atoms with Gasteiger partial charge in [-0.1, -0.05) is 107 Å². The first-order valence-electron chi connectivity index (χ1n) is 13.5. The Morgan fingerprint density at radius 2 is 1.63 bits per heavy atom. The molecule has 3 aromatic carbocycles. The molecule has 1 N–H and O–H groups in total. The summed E-state index contributed by atoms with van der Waals surface area (Å²) in [6, 6.07) is 26.1. The average molecular weight is 594 g/mol. The lowest BCUT2D eigenvalue weighted by atomic mass is 9.94. The summed E-state index contributed by atoms with van der Waals surface area (Å²) in [5.74, 6) is 1.02. The van der Waals surface area contributed by atoms with Crippen LogP contribution in [-0.2, 0) is 28.3 Å². The number of hydrogen-bond acceptors (Lipinski definition) is 3. The minimum Gasteiger partial charge on any atom is -0.352 e. The van der Waals surface area contributed by atoms with Crippen molar-refractivity contribution in [1.29, 1.82) is 0 Å². The van der Waals surface area contributed by atoms with Crippen LogP contribution in [0.3, 0.4) is 0 Å². The van der Waals surface area contributed by atoms with Crippen LogP contribution in [0.4, 0.5) is 0 Å². The molecule has 0 aromatic heterocycles. The van der Waals surface area contributed by atoms with E-state index >= 15 is 0 Å². The van der Waals surface area contributed by atoms with E-state index in [2.05, 4.69) is 52.4 Å². The second kappa shape index (κ2) is 14.5. The van der Waals surface area contributed by atoms with Crippen LogP contribution in [0.1, 0.15) is 54.4 Å². The average Bonchev–Trinajstić information content (AvgIpc) is 2.93. The lowest BCUT2D eigenvalue weighted by molar-refractivity contribution is -0.139. The smallest absolute Gasteiger partial charge is 0.243 e. The number of nitrogens with one attached hydrogen (secondary N) is 1. The molecule has 6 heteroatoms. The summed E-state index contributed by atoms with van der Waals surface area (Å²) in [5.41, 5.74) is 4.47. The first kappa shape index (κ1) is 28.4. The molecule has 0 aliphatic heterocycles. The van der Waals surface area contributed by atoms with Crippen LogP contribution in [0, 0.1) is 6.92 Å². The van der Waals surface area contributed by atoms with Crippen molar-refractivity contribution in [2.24, 2.45) is 0 Å². The van der Waals surface area contributed by atoms with Gasteiger partial charge >= 0.3 is 0 Å². The zero-order chi connectivity index (χ0) is 26.7. The Labute approximate surface area is 239 Å². The van der Waals surface area contributed by atoms with Gasteiger partial charge in [-0.2, -0.15) is 0 Å². The molecule has 1 saturated carbocycles. The molecule has 4 rings (SSSR count). The van der Waals surface area contributed by atoms with E-state index in [0.717, 1.165) is 47.0 Å². The summed E-state index contributed by atoms with van der Waals surface area (Å²) < 4.78 is 0.961. The van der Waals surface area contributed by atoms with Gasteiger partial charge in [0, 0.05) is 29.2 Å². The molecular weight excluding hydrogens is 556 g/mol. The molecule has 1 atom stereocenters. The van der Waals surface area contributed by atoms with Gasteiger partial charge in [-0.3, -0.25) is 9.59 Å². The zero-order valence-corrected chi connectivity index (χ0v) is 24.5. The molecular formula is C32H37BrN2O2S. The summed E-state index contributed by atoms with van der Waals surface area (Å²) in [4.78, 5) is 29.4. The van der Waals surface area contributed by atoms with Gasteiger partial charge in [-0.25, -0.2) is 0 Å². The number of amides is 2. The lowest BCUT2D eigenvalue weighted by Crippen LogP contribution is -2.53. The Balaban J connectivity index is 1.56. The third-order valence-corrected chi connectivity index (χ3v) is 8.56. The SMILES string of the molecule is Cc1ccc(CSCC(=O)N(Cc2cccc(Br)c2)C(Cc2ccccc2)C(=O)NC2CCCCC2)cc1. The summed E-state index contributed by atoms with van der Waals surface area (Å²) in [5, 5.41) is 3.31. The molecule has 200 valence electrons. The van der Waals surface area contributed by atoms with Gasteiger partial charge in [0.1, 0.15) is 6.04 Å². The van der Waals surface area contributed by atoms with Crippen molar-refractivity contribution in [1.82, 2.24) is 10.2 Å². The van der Waals surface area contributed by atoms with Gasteiger partial charge in [0.05, 0.1) is 5.75 Å². The predicted molar refractivity (Wildman–Crippen MR) is 161 cm³/mol. The number of carbonyl (C=O) groups is 2. The van der Waals surface area contributed by atoms with Gasteiger partial charge in [0.25, 0.3) is 0 Å². The van der Waals surface area contributed by atoms with E-state index in [4.69, 9.17) is 0 Å². The van der Waals surface area contributed by atoms with E-state index in [1.807, 2.05) is 54.6 Å². The molecule has 1 unspecified atom stereocenters. The normalized spacial score (nSPS) is 14.6. The monoisotopic (exact) mass is 592 g/mol. The molecule has 0 bridgehead atoms. The van der Waals surface area contributed by atoms with E-state index < -0.39 is 6.04 Å². The Morgan fingerprint density at radius 1 is 0.921 bits per heavy atom.